The number of hydrogen-bond donors (Lipinski definition) is 3. The van der Waals surface area contributed by atoms with Crippen molar-refractivity contribution < 1.29 is 9.90 Å². The van der Waals surface area contributed by atoms with Crippen molar-refractivity contribution in [3.05, 3.63) is 71.8 Å². The van der Waals surface area contributed by atoms with E-state index in [0.29, 0.717) is 23.8 Å². The maximum Gasteiger partial charge on any atom is 0.229 e. The van der Waals surface area contributed by atoms with E-state index in [1.807, 2.05) is 30.3 Å². The molecule has 0 aliphatic heterocycles. The molecule has 172 valence electrons. The fourth-order valence-corrected chi connectivity index (χ4v) is 4.49. The molecule has 2 aromatic rings. The second-order valence-corrected chi connectivity index (χ2v) is 8.96. The van der Waals surface area contributed by atoms with Crippen LogP contribution < -0.4 is 11.1 Å². The summed E-state index contributed by atoms with van der Waals surface area (Å²) in [6, 6.07) is 7.60. The van der Waals surface area contributed by atoms with E-state index >= 15 is 0 Å². The highest BCUT2D eigenvalue weighted by atomic mass is 16.3. The van der Waals surface area contributed by atoms with E-state index in [1.54, 1.807) is 24.4 Å². The number of nitrogen functional groups attached to an aromatic ring is 1. The summed E-state index contributed by atoms with van der Waals surface area (Å²) in [5.41, 5.74) is 10.0. The van der Waals surface area contributed by atoms with Crippen LogP contribution in [0.15, 0.2) is 66.1 Å². The van der Waals surface area contributed by atoms with Gasteiger partial charge < -0.3 is 16.2 Å². The summed E-state index contributed by atoms with van der Waals surface area (Å²) in [6.45, 7) is 0. The summed E-state index contributed by atoms with van der Waals surface area (Å²) in [5, 5.41) is 12.6. The lowest BCUT2D eigenvalue weighted by Gasteiger charge is -2.21. The smallest absolute Gasteiger partial charge is 0.229 e. The van der Waals surface area contributed by atoms with Gasteiger partial charge in [-0.05, 0) is 49.5 Å². The van der Waals surface area contributed by atoms with Gasteiger partial charge >= 0.3 is 0 Å². The molecule has 6 nitrogen and oxygen atoms in total. The average Bonchev–Trinajstić information content (AvgIpc) is 3.03. The minimum Gasteiger partial charge on any atom is -0.508 e. The molecule has 0 atom stereocenters. The monoisotopic (exact) mass is 444 g/mol. The molecule has 4 rings (SSSR count). The Hall–Kier alpha value is -3.41. The zero-order valence-corrected chi connectivity index (χ0v) is 19.0. The summed E-state index contributed by atoms with van der Waals surface area (Å²) in [4.78, 5) is 22.3. The number of aliphatic hydroxyl groups is 1. The summed E-state index contributed by atoms with van der Waals surface area (Å²) < 4.78 is 0. The van der Waals surface area contributed by atoms with Gasteiger partial charge in [-0.25, -0.2) is 9.97 Å². The van der Waals surface area contributed by atoms with Gasteiger partial charge in [0, 0.05) is 17.7 Å². The second kappa shape index (κ2) is 10.9. The lowest BCUT2D eigenvalue weighted by molar-refractivity contribution is -0.115. The number of rotatable bonds is 7. The Kier molecular flexibility index (Phi) is 7.55. The zero-order chi connectivity index (χ0) is 23.0. The molecule has 1 aromatic carbocycles. The summed E-state index contributed by atoms with van der Waals surface area (Å²) in [7, 11) is 0. The number of amides is 1. The first-order valence-electron chi connectivity index (χ1n) is 11.8. The van der Waals surface area contributed by atoms with Crippen LogP contribution in [0, 0.1) is 5.92 Å². The van der Waals surface area contributed by atoms with Crippen molar-refractivity contribution >= 4 is 17.4 Å². The summed E-state index contributed by atoms with van der Waals surface area (Å²) in [6.07, 6.45) is 17.8. The van der Waals surface area contributed by atoms with Crippen LogP contribution >= 0.6 is 0 Å². The van der Waals surface area contributed by atoms with Crippen molar-refractivity contribution in [1.29, 1.82) is 0 Å². The molecular formula is C27H32N4O2. The third-order valence-corrected chi connectivity index (χ3v) is 6.37. The van der Waals surface area contributed by atoms with Crippen molar-refractivity contribution in [2.45, 2.75) is 57.8 Å². The van der Waals surface area contributed by atoms with E-state index in [-0.39, 0.29) is 18.1 Å². The molecule has 6 heteroatoms. The van der Waals surface area contributed by atoms with Gasteiger partial charge in [0.1, 0.15) is 5.76 Å². The molecule has 2 aliphatic rings. The third-order valence-electron chi connectivity index (χ3n) is 6.37. The Labute approximate surface area is 195 Å². The van der Waals surface area contributed by atoms with Crippen LogP contribution in [-0.2, 0) is 11.2 Å². The first-order valence-corrected chi connectivity index (χ1v) is 11.8. The normalized spacial score (nSPS) is 16.6. The molecule has 1 aromatic heterocycles. The van der Waals surface area contributed by atoms with Crippen LogP contribution in [0.3, 0.4) is 0 Å². The van der Waals surface area contributed by atoms with Crippen molar-refractivity contribution in [2.75, 3.05) is 11.1 Å². The molecular weight excluding hydrogens is 412 g/mol. The minimum absolute atomic E-state index is 0.127. The molecule has 4 N–H and O–H groups in total. The minimum atomic E-state index is -0.127. The van der Waals surface area contributed by atoms with Crippen LogP contribution in [0.2, 0.25) is 0 Å². The van der Waals surface area contributed by atoms with Gasteiger partial charge in [0.2, 0.25) is 5.91 Å². The second-order valence-electron chi connectivity index (χ2n) is 8.96. The highest BCUT2D eigenvalue weighted by molar-refractivity contribution is 5.92. The molecule has 1 fully saturated rings. The Balaban J connectivity index is 1.51. The number of hydrogen-bond acceptors (Lipinski definition) is 5. The van der Waals surface area contributed by atoms with Crippen LogP contribution in [0.25, 0.3) is 11.3 Å². The number of aliphatic hydroxyl groups excluding tert-OH is 1. The summed E-state index contributed by atoms with van der Waals surface area (Å²) in [5.74, 6) is 1.32. The molecule has 0 spiro atoms. The number of allylic oxidation sites excluding steroid dienone is 4. The highest BCUT2D eigenvalue weighted by Crippen LogP contribution is 2.29. The largest absolute Gasteiger partial charge is 0.508 e. The molecule has 0 unspecified atom stereocenters. The SMILES string of the molecule is Nc1ccc(-c2cnc(NC(=O)CC3=CC=C(O)C=CC3)c(CCC3CCCCC3)n2)cc1. The van der Waals surface area contributed by atoms with Gasteiger partial charge in [0.15, 0.2) is 5.82 Å². The van der Waals surface area contributed by atoms with E-state index < -0.39 is 0 Å². The van der Waals surface area contributed by atoms with E-state index in [1.165, 1.54) is 32.1 Å². The maximum absolute atomic E-state index is 12.8. The third kappa shape index (κ3) is 6.54. The lowest BCUT2D eigenvalue weighted by Crippen LogP contribution is -2.16. The first kappa shape index (κ1) is 22.8. The van der Waals surface area contributed by atoms with Gasteiger partial charge in [0.05, 0.1) is 17.6 Å². The standard InChI is InChI=1S/C27H32N4O2/c28-22-13-11-21(12-14-22)25-18-29-27(24(30-25)16-10-19-5-2-1-3-6-19)31-26(33)17-20-7-4-8-23(32)15-9-20/h4,8-9,11-15,18-19,32H,1-3,5-7,10,16-17,28H2,(H,29,31,33). The van der Waals surface area contributed by atoms with Gasteiger partial charge in [-0.1, -0.05) is 62.0 Å². The fraction of sp³-hybridized carbons (Fsp3) is 0.370. The van der Waals surface area contributed by atoms with Gasteiger partial charge in [0.25, 0.3) is 0 Å². The van der Waals surface area contributed by atoms with E-state index in [0.717, 1.165) is 35.4 Å². The summed E-state index contributed by atoms with van der Waals surface area (Å²) >= 11 is 0. The number of carbonyl (C=O) groups excluding carboxylic acids is 1. The van der Waals surface area contributed by atoms with Crippen LogP contribution in [-0.4, -0.2) is 21.0 Å². The van der Waals surface area contributed by atoms with E-state index in [4.69, 9.17) is 10.7 Å². The van der Waals surface area contributed by atoms with Crippen LogP contribution in [0.1, 0.15) is 57.1 Å². The predicted octanol–water partition coefficient (Wildman–Crippen LogP) is 5.90. The average molecular weight is 445 g/mol. The topological polar surface area (TPSA) is 101 Å². The van der Waals surface area contributed by atoms with Gasteiger partial charge in [-0.15, -0.1) is 0 Å². The van der Waals surface area contributed by atoms with Gasteiger partial charge in [-0.3, -0.25) is 4.79 Å². The van der Waals surface area contributed by atoms with E-state index in [9.17, 15) is 9.90 Å². The highest BCUT2D eigenvalue weighted by Gasteiger charge is 2.17. The Morgan fingerprint density at radius 1 is 1.12 bits per heavy atom. The number of nitrogens with zero attached hydrogens (tertiary/aromatic N) is 2. The number of aryl methyl sites for hydroxylation is 1. The van der Waals surface area contributed by atoms with Crippen LogP contribution in [0.4, 0.5) is 11.5 Å². The van der Waals surface area contributed by atoms with Crippen LogP contribution in [0.5, 0.6) is 0 Å². The zero-order valence-electron chi connectivity index (χ0n) is 19.0. The number of benzene rings is 1. The molecule has 1 heterocycles. The quantitative estimate of drug-likeness (QED) is 0.462. The lowest BCUT2D eigenvalue weighted by atomic mass is 9.86. The van der Waals surface area contributed by atoms with Crippen molar-refractivity contribution in [3.8, 4) is 11.3 Å². The van der Waals surface area contributed by atoms with Crippen molar-refractivity contribution in [1.82, 2.24) is 9.97 Å². The van der Waals surface area contributed by atoms with E-state index in [2.05, 4.69) is 10.3 Å². The van der Waals surface area contributed by atoms with Gasteiger partial charge in [-0.2, -0.15) is 0 Å². The Morgan fingerprint density at radius 2 is 1.91 bits per heavy atom. The Bertz CT molecular complexity index is 1060. The maximum atomic E-state index is 12.8. The number of aromatic nitrogens is 2. The molecule has 2 aliphatic carbocycles. The molecule has 1 saturated carbocycles. The molecule has 0 bridgehead atoms. The first-order chi connectivity index (χ1) is 16.1. The number of nitrogens with one attached hydrogen (secondary N) is 1. The Morgan fingerprint density at radius 3 is 2.70 bits per heavy atom. The predicted molar refractivity (Wildman–Crippen MR) is 133 cm³/mol. The number of nitrogens with two attached hydrogens (primary N) is 1. The molecule has 0 radical (unpaired) electrons. The molecule has 33 heavy (non-hydrogen) atoms. The fourth-order valence-electron chi connectivity index (χ4n) is 4.49. The number of carbonyl (C=O) groups is 1. The molecule has 1 amide bonds. The molecule has 0 saturated heterocycles. The van der Waals surface area contributed by atoms with Crippen molar-refractivity contribution in [3.63, 3.8) is 0 Å². The number of anilines is 2. The van der Waals surface area contributed by atoms with Crippen molar-refractivity contribution in [2.24, 2.45) is 5.92 Å².